The maximum Gasteiger partial charge on any atom is 0.398 e. The van der Waals surface area contributed by atoms with Crippen molar-refractivity contribution in [2.75, 3.05) is 6.54 Å². The first-order valence-corrected chi connectivity index (χ1v) is 3.70. The van der Waals surface area contributed by atoms with Gasteiger partial charge in [0.25, 0.3) is 5.91 Å². The number of carbonyl (C=O) groups is 3. The molecule has 1 aliphatic rings. The summed E-state index contributed by atoms with van der Waals surface area (Å²) in [5, 5.41) is 0.910. The molecule has 0 unspecified atom stereocenters. The van der Waals surface area contributed by atoms with E-state index in [0.717, 1.165) is 5.06 Å². The summed E-state index contributed by atoms with van der Waals surface area (Å²) in [4.78, 5) is 37.0. The van der Waals surface area contributed by atoms with Crippen molar-refractivity contribution in [3.05, 3.63) is 0 Å². The van der Waals surface area contributed by atoms with Crippen LogP contribution in [0.3, 0.4) is 0 Å². The van der Waals surface area contributed by atoms with Gasteiger partial charge >= 0.3 is 5.97 Å². The Labute approximate surface area is 84.0 Å². The molecule has 1 saturated heterocycles. The number of hydroxylamine groups is 2. The van der Waals surface area contributed by atoms with Crippen molar-refractivity contribution in [1.82, 2.24) is 5.06 Å². The molecule has 82 valence electrons. The first kappa shape index (κ1) is 15.1. The molecule has 1 rings (SSSR count). The van der Waals surface area contributed by atoms with Crippen LogP contribution in [0.1, 0.15) is 34.6 Å². The van der Waals surface area contributed by atoms with E-state index in [9.17, 15) is 14.4 Å². The molecule has 1 fully saturated rings. The minimum absolute atomic E-state index is 0. The summed E-state index contributed by atoms with van der Waals surface area (Å²) in [6.45, 7) is 1.94. The minimum atomic E-state index is -0.942. The van der Waals surface area contributed by atoms with Gasteiger partial charge in [-0.05, 0) is 6.92 Å². The molecule has 1 amide bonds. The molecule has 0 N–H and O–H groups in total. The van der Waals surface area contributed by atoms with Crippen LogP contribution < -0.4 is 0 Å². The molecular formula is C9H17NO4. The van der Waals surface area contributed by atoms with Gasteiger partial charge in [0, 0.05) is 12.8 Å². The van der Waals surface area contributed by atoms with E-state index in [4.69, 9.17) is 0 Å². The molecular weight excluding hydrogens is 186 g/mol. The molecule has 0 bridgehead atoms. The van der Waals surface area contributed by atoms with Crippen molar-refractivity contribution in [2.45, 2.75) is 34.6 Å². The Morgan fingerprint density at radius 3 is 2.29 bits per heavy atom. The summed E-state index contributed by atoms with van der Waals surface area (Å²) < 4.78 is 0. The highest BCUT2D eigenvalue weighted by molar-refractivity contribution is 6.34. The molecule has 0 radical (unpaired) electrons. The first-order chi connectivity index (χ1) is 5.65. The topological polar surface area (TPSA) is 63.7 Å². The Balaban J connectivity index is 0. The Kier molecular flexibility index (Phi) is 6.60. The fourth-order valence-corrected chi connectivity index (χ4v) is 0.890. The van der Waals surface area contributed by atoms with Gasteiger partial charge in [-0.15, -0.1) is 0 Å². The second kappa shape index (κ2) is 6.12. The molecule has 5 heteroatoms. The predicted molar refractivity (Wildman–Crippen MR) is 51.2 cm³/mol. The van der Waals surface area contributed by atoms with Crippen molar-refractivity contribution < 1.29 is 19.2 Å². The summed E-state index contributed by atoms with van der Waals surface area (Å²) in [6, 6.07) is 0. The van der Waals surface area contributed by atoms with Crippen LogP contribution in [0.25, 0.3) is 0 Å². The third-order valence-electron chi connectivity index (χ3n) is 1.55. The molecule has 5 nitrogen and oxygen atoms in total. The highest BCUT2D eigenvalue weighted by Gasteiger charge is 2.27. The van der Waals surface area contributed by atoms with Crippen molar-refractivity contribution in [3.63, 3.8) is 0 Å². The summed E-state index contributed by atoms with van der Waals surface area (Å²) in [7, 11) is 0. The van der Waals surface area contributed by atoms with Gasteiger partial charge in [0.05, 0.1) is 6.54 Å². The van der Waals surface area contributed by atoms with E-state index in [-0.39, 0.29) is 40.1 Å². The highest BCUT2D eigenvalue weighted by atomic mass is 16.7. The van der Waals surface area contributed by atoms with Crippen LogP contribution >= 0.6 is 0 Å². The quantitative estimate of drug-likeness (QED) is 0.595. The van der Waals surface area contributed by atoms with Gasteiger partial charge in [-0.25, -0.2) is 4.79 Å². The van der Waals surface area contributed by atoms with Crippen molar-refractivity contribution in [3.8, 4) is 0 Å². The normalized spacial score (nSPS) is 16.4. The largest absolute Gasteiger partial charge is 0.398 e. The summed E-state index contributed by atoms with van der Waals surface area (Å²) in [5.41, 5.74) is 0. The van der Waals surface area contributed by atoms with E-state index < -0.39 is 11.8 Å². The molecule has 0 aromatic rings. The van der Waals surface area contributed by atoms with Crippen molar-refractivity contribution in [2.24, 2.45) is 0 Å². The van der Waals surface area contributed by atoms with Crippen LogP contribution in [0.2, 0.25) is 0 Å². The van der Waals surface area contributed by atoms with Crippen molar-refractivity contribution >= 4 is 17.7 Å². The van der Waals surface area contributed by atoms with Gasteiger partial charge in [0.2, 0.25) is 5.78 Å². The van der Waals surface area contributed by atoms with Crippen molar-refractivity contribution in [1.29, 1.82) is 0 Å². The van der Waals surface area contributed by atoms with Gasteiger partial charge in [-0.2, -0.15) is 5.06 Å². The van der Waals surface area contributed by atoms with Gasteiger partial charge in [0.1, 0.15) is 0 Å². The second-order valence-corrected chi connectivity index (χ2v) is 2.39. The van der Waals surface area contributed by atoms with Crippen LogP contribution in [0.5, 0.6) is 0 Å². The molecule has 0 aromatic heterocycles. The molecule has 0 saturated carbocycles. The molecule has 0 aromatic carbocycles. The number of ketones is 1. The SMILES string of the molecule is C.C.CCN1OC(=O)C(=O)CCC1=O. The lowest BCUT2D eigenvalue weighted by atomic mass is 10.2. The van der Waals surface area contributed by atoms with E-state index in [2.05, 4.69) is 4.84 Å². The summed E-state index contributed by atoms with van der Waals surface area (Å²) in [6.07, 6.45) is 0.00653. The monoisotopic (exact) mass is 203 g/mol. The zero-order valence-electron chi connectivity index (χ0n) is 6.70. The number of carbonyl (C=O) groups excluding carboxylic acids is 3. The van der Waals surface area contributed by atoms with E-state index >= 15 is 0 Å². The molecule has 1 aliphatic heterocycles. The van der Waals surface area contributed by atoms with Gasteiger partial charge in [-0.1, -0.05) is 14.9 Å². The Hall–Kier alpha value is -1.39. The lowest BCUT2D eigenvalue weighted by molar-refractivity contribution is -0.194. The molecule has 0 spiro atoms. The number of hydrogen-bond donors (Lipinski definition) is 0. The summed E-state index contributed by atoms with van der Waals surface area (Å²) in [5.74, 6) is -1.90. The first-order valence-electron chi connectivity index (χ1n) is 3.70. The highest BCUT2D eigenvalue weighted by Crippen LogP contribution is 2.06. The second-order valence-electron chi connectivity index (χ2n) is 2.39. The number of amides is 1. The lowest BCUT2D eigenvalue weighted by Crippen LogP contribution is -2.31. The Morgan fingerprint density at radius 2 is 1.79 bits per heavy atom. The van der Waals surface area contributed by atoms with Crippen LogP contribution in [0, 0.1) is 0 Å². The maximum absolute atomic E-state index is 11.0. The summed E-state index contributed by atoms with van der Waals surface area (Å²) >= 11 is 0. The zero-order valence-corrected chi connectivity index (χ0v) is 6.70. The molecule has 0 atom stereocenters. The zero-order chi connectivity index (χ0) is 9.14. The van der Waals surface area contributed by atoms with E-state index in [1.54, 1.807) is 6.92 Å². The van der Waals surface area contributed by atoms with Gasteiger partial charge in [-0.3, -0.25) is 9.59 Å². The van der Waals surface area contributed by atoms with E-state index in [1.807, 2.05) is 0 Å². The number of Topliss-reactive ketones (excluding diaryl/α,β-unsaturated/α-hetero) is 1. The Morgan fingerprint density at radius 1 is 1.21 bits per heavy atom. The van der Waals surface area contributed by atoms with Gasteiger partial charge < -0.3 is 4.84 Å². The molecule has 14 heavy (non-hydrogen) atoms. The lowest BCUT2D eigenvalue weighted by Gasteiger charge is -2.14. The predicted octanol–water partition coefficient (Wildman–Crippen LogP) is 0.928. The fourth-order valence-electron chi connectivity index (χ4n) is 0.890. The number of hydrogen-bond acceptors (Lipinski definition) is 4. The van der Waals surface area contributed by atoms with E-state index in [1.165, 1.54) is 0 Å². The smallest absolute Gasteiger partial charge is 0.330 e. The minimum Gasteiger partial charge on any atom is -0.330 e. The Bertz CT molecular complexity index is 237. The standard InChI is InChI=1S/C7H9NO4.2CH4/c1-2-8-6(10)4-3-5(9)7(11)12-8;;/h2-4H2,1H3;2*1H4. The third kappa shape index (κ3) is 3.16. The van der Waals surface area contributed by atoms with Crippen LogP contribution in [0.4, 0.5) is 0 Å². The average Bonchev–Trinajstić information content (AvgIpc) is 2.18. The van der Waals surface area contributed by atoms with Crippen LogP contribution in [-0.2, 0) is 19.2 Å². The van der Waals surface area contributed by atoms with E-state index in [0.29, 0.717) is 0 Å². The van der Waals surface area contributed by atoms with Crippen LogP contribution in [0.15, 0.2) is 0 Å². The third-order valence-corrected chi connectivity index (χ3v) is 1.55. The molecule has 1 heterocycles. The maximum atomic E-state index is 11.0. The fraction of sp³-hybridized carbons (Fsp3) is 0.667. The molecule has 0 aliphatic carbocycles. The van der Waals surface area contributed by atoms with Crippen LogP contribution in [-0.4, -0.2) is 29.3 Å². The average molecular weight is 203 g/mol. The number of nitrogens with zero attached hydrogens (tertiary/aromatic N) is 1. The van der Waals surface area contributed by atoms with Gasteiger partial charge in [0.15, 0.2) is 0 Å². The number of rotatable bonds is 1.